The lowest BCUT2D eigenvalue weighted by Gasteiger charge is -2.32. The molecule has 1 aromatic carbocycles. The average Bonchev–Trinajstić information content (AvgIpc) is 3.25. The maximum atomic E-state index is 5.27. The van der Waals surface area contributed by atoms with E-state index in [1.807, 2.05) is 35.1 Å². The molecule has 4 aromatic rings. The quantitative estimate of drug-likeness (QED) is 0.445. The summed E-state index contributed by atoms with van der Waals surface area (Å²) in [6.45, 7) is 3.81. The highest BCUT2D eigenvalue weighted by Crippen LogP contribution is 2.29. The lowest BCUT2D eigenvalue weighted by molar-refractivity contribution is 0.203. The summed E-state index contributed by atoms with van der Waals surface area (Å²) in [6, 6.07) is 14.6. The van der Waals surface area contributed by atoms with Crippen LogP contribution in [0.25, 0.3) is 5.65 Å². The van der Waals surface area contributed by atoms with Gasteiger partial charge in [-0.1, -0.05) is 18.2 Å². The Morgan fingerprint density at radius 1 is 1.09 bits per heavy atom. The number of hydrogen-bond donors (Lipinski definition) is 1. The Balaban J connectivity index is 1.28. The van der Waals surface area contributed by atoms with E-state index in [0.29, 0.717) is 12.5 Å². The minimum Gasteiger partial charge on any atom is -0.497 e. The molecule has 0 atom stereocenters. The smallest absolute Gasteiger partial charge is 0.151 e. The highest BCUT2D eigenvalue weighted by atomic mass is 16.5. The van der Waals surface area contributed by atoms with Crippen molar-refractivity contribution in [2.45, 2.75) is 31.8 Å². The van der Waals surface area contributed by atoms with Crippen LogP contribution in [0.2, 0.25) is 0 Å². The number of hydrogen-bond acceptors (Lipinski definition) is 6. The highest BCUT2D eigenvalue weighted by molar-refractivity contribution is 6.36. The normalized spacial score (nSPS) is 15.1. The van der Waals surface area contributed by atoms with Gasteiger partial charge in [0.25, 0.3) is 0 Å². The third-order valence-corrected chi connectivity index (χ3v) is 6.44. The molecular formula is C25H29BN6O. The van der Waals surface area contributed by atoms with Crippen molar-refractivity contribution < 1.29 is 4.74 Å². The van der Waals surface area contributed by atoms with Gasteiger partial charge in [0.05, 0.1) is 7.11 Å². The molecule has 5 rings (SSSR count). The van der Waals surface area contributed by atoms with Crippen LogP contribution in [0.5, 0.6) is 5.75 Å². The van der Waals surface area contributed by atoms with Crippen molar-refractivity contribution >= 4 is 24.8 Å². The number of anilines is 1. The number of rotatable bonds is 7. The van der Waals surface area contributed by atoms with Gasteiger partial charge in [-0.3, -0.25) is 9.88 Å². The zero-order valence-electron chi connectivity index (χ0n) is 19.2. The highest BCUT2D eigenvalue weighted by Gasteiger charge is 2.23. The molecule has 4 heterocycles. The van der Waals surface area contributed by atoms with Crippen molar-refractivity contribution in [1.29, 1.82) is 0 Å². The van der Waals surface area contributed by atoms with E-state index in [-0.39, 0.29) is 0 Å². The molecule has 7 nitrogen and oxygen atoms in total. The number of nitrogens with one attached hydrogen (secondary N) is 1. The second kappa shape index (κ2) is 9.62. The molecule has 33 heavy (non-hydrogen) atoms. The van der Waals surface area contributed by atoms with Crippen molar-refractivity contribution in [1.82, 2.24) is 24.5 Å². The van der Waals surface area contributed by atoms with Gasteiger partial charge in [-0.25, -0.2) is 4.98 Å². The molecule has 1 saturated heterocycles. The molecule has 0 amide bonds. The van der Waals surface area contributed by atoms with Crippen LogP contribution in [0, 0.1) is 0 Å². The summed E-state index contributed by atoms with van der Waals surface area (Å²) in [5.74, 6) is 2.34. The maximum absolute atomic E-state index is 5.27. The zero-order valence-corrected chi connectivity index (χ0v) is 19.2. The maximum Gasteiger partial charge on any atom is 0.151 e. The molecule has 168 valence electrons. The van der Waals surface area contributed by atoms with Crippen LogP contribution in [-0.4, -0.2) is 52.5 Å². The molecule has 1 aliphatic heterocycles. The minimum atomic E-state index is 0.454. The van der Waals surface area contributed by atoms with Gasteiger partial charge < -0.3 is 10.1 Å². The summed E-state index contributed by atoms with van der Waals surface area (Å²) >= 11 is 0. The van der Waals surface area contributed by atoms with Gasteiger partial charge in [0.15, 0.2) is 5.65 Å². The number of piperidine rings is 1. The monoisotopic (exact) mass is 440 g/mol. The summed E-state index contributed by atoms with van der Waals surface area (Å²) in [5, 5.41) is 8.09. The van der Waals surface area contributed by atoms with Crippen LogP contribution in [0.1, 0.15) is 35.6 Å². The second-order valence-corrected chi connectivity index (χ2v) is 8.74. The summed E-state index contributed by atoms with van der Waals surface area (Å²) in [5.41, 5.74) is 5.65. The van der Waals surface area contributed by atoms with Gasteiger partial charge in [-0.05, 0) is 60.7 Å². The fourth-order valence-electron chi connectivity index (χ4n) is 4.50. The first-order valence-electron chi connectivity index (χ1n) is 11.5. The molecule has 1 aliphatic rings. The van der Waals surface area contributed by atoms with E-state index in [1.165, 1.54) is 5.56 Å². The summed E-state index contributed by atoms with van der Waals surface area (Å²) in [6.07, 6.45) is 7.78. The Labute approximate surface area is 195 Å². The summed E-state index contributed by atoms with van der Waals surface area (Å²) in [4.78, 5) is 11.8. The van der Waals surface area contributed by atoms with Gasteiger partial charge in [0, 0.05) is 49.4 Å². The van der Waals surface area contributed by atoms with Crippen molar-refractivity contribution in [2.24, 2.45) is 0 Å². The minimum absolute atomic E-state index is 0.454. The second-order valence-electron chi connectivity index (χ2n) is 8.74. The van der Waals surface area contributed by atoms with Crippen LogP contribution in [0.4, 0.5) is 5.82 Å². The van der Waals surface area contributed by atoms with E-state index in [0.717, 1.165) is 66.4 Å². The third-order valence-electron chi connectivity index (χ3n) is 6.44. The Hall–Kier alpha value is -3.39. The van der Waals surface area contributed by atoms with Gasteiger partial charge in [-0.2, -0.15) is 9.61 Å². The number of likely N-dealkylation sites (tertiary alicyclic amines) is 1. The molecule has 1 N–H and O–H groups in total. The van der Waals surface area contributed by atoms with Crippen molar-refractivity contribution in [3.63, 3.8) is 0 Å². The van der Waals surface area contributed by atoms with E-state index < -0.39 is 0 Å². The topological polar surface area (TPSA) is 67.6 Å². The van der Waals surface area contributed by atoms with Gasteiger partial charge in [0.1, 0.15) is 19.4 Å². The van der Waals surface area contributed by atoms with Crippen molar-refractivity contribution in [3.05, 3.63) is 77.9 Å². The molecule has 0 saturated carbocycles. The zero-order chi connectivity index (χ0) is 22.6. The van der Waals surface area contributed by atoms with Gasteiger partial charge in [-0.15, -0.1) is 0 Å². The molecule has 1 fully saturated rings. The third kappa shape index (κ3) is 4.85. The van der Waals surface area contributed by atoms with E-state index >= 15 is 0 Å². The number of ether oxygens (including phenoxy) is 1. The SMILES string of the molecule is Bc1cnn2c(NCc3cccnc3)cc(C3CCN(Cc4ccc(OC)cc4)CC3)nc12. The van der Waals surface area contributed by atoms with Gasteiger partial charge >= 0.3 is 0 Å². The Bertz CT molecular complexity index is 1200. The first-order chi connectivity index (χ1) is 16.2. The fourth-order valence-corrected chi connectivity index (χ4v) is 4.50. The lowest BCUT2D eigenvalue weighted by atomic mass is 9.92. The Morgan fingerprint density at radius 3 is 2.64 bits per heavy atom. The van der Waals surface area contributed by atoms with E-state index in [2.05, 4.69) is 52.4 Å². The first kappa shape index (κ1) is 21.5. The van der Waals surface area contributed by atoms with E-state index in [9.17, 15) is 0 Å². The average molecular weight is 440 g/mol. The predicted molar refractivity (Wildman–Crippen MR) is 133 cm³/mol. The van der Waals surface area contributed by atoms with Crippen molar-refractivity contribution in [2.75, 3.05) is 25.5 Å². The Morgan fingerprint density at radius 2 is 1.91 bits per heavy atom. The molecule has 0 aliphatic carbocycles. The number of aromatic nitrogens is 4. The molecule has 0 radical (unpaired) electrons. The standard InChI is InChI=1S/C25H29BN6O/c1-33-21-6-4-18(5-7-21)17-31-11-8-20(9-12-31)23-13-24(28-15-19-3-2-10-27-14-19)32-25(30-23)22(26)16-29-32/h2-7,10,13-14,16,20,28H,8-9,11-12,15,17,26H2,1H3. The number of pyridine rings is 1. The molecular weight excluding hydrogens is 411 g/mol. The fraction of sp³-hybridized carbons (Fsp3) is 0.320. The largest absolute Gasteiger partial charge is 0.497 e. The van der Waals surface area contributed by atoms with Crippen LogP contribution in [-0.2, 0) is 13.1 Å². The van der Waals surface area contributed by atoms with Crippen molar-refractivity contribution in [3.8, 4) is 5.75 Å². The molecule has 0 bridgehead atoms. The number of methoxy groups -OCH3 is 1. The molecule has 0 unspecified atom stereocenters. The number of fused-ring (bicyclic) bond motifs is 1. The van der Waals surface area contributed by atoms with Gasteiger partial charge in [0.2, 0.25) is 0 Å². The summed E-state index contributed by atoms with van der Waals surface area (Å²) in [7, 11) is 3.78. The summed E-state index contributed by atoms with van der Waals surface area (Å²) < 4.78 is 7.18. The Kier molecular flexibility index (Phi) is 6.26. The van der Waals surface area contributed by atoms with Crippen LogP contribution in [0.3, 0.4) is 0 Å². The number of nitrogens with zero attached hydrogens (tertiary/aromatic N) is 5. The lowest BCUT2D eigenvalue weighted by Crippen LogP contribution is -2.32. The molecule has 0 spiro atoms. The van der Waals surface area contributed by atoms with Crippen LogP contribution >= 0.6 is 0 Å². The van der Waals surface area contributed by atoms with Crippen LogP contribution in [0.15, 0.2) is 61.1 Å². The van der Waals surface area contributed by atoms with Crippen LogP contribution < -0.4 is 15.5 Å². The van der Waals surface area contributed by atoms with E-state index in [4.69, 9.17) is 9.72 Å². The van der Waals surface area contributed by atoms with E-state index in [1.54, 1.807) is 13.3 Å². The number of benzene rings is 1. The predicted octanol–water partition coefficient (Wildman–Crippen LogP) is 2.38. The molecule has 8 heteroatoms. The molecule has 3 aromatic heterocycles. The first-order valence-corrected chi connectivity index (χ1v) is 11.5.